The SMILES string of the molecule is Cc1cccc(C)c1CN1CCC(C(C)O)C1. The van der Waals surface area contributed by atoms with Crippen molar-refractivity contribution in [2.45, 2.75) is 39.8 Å². The zero-order chi connectivity index (χ0) is 12.4. The molecule has 0 bridgehead atoms. The lowest BCUT2D eigenvalue weighted by Crippen LogP contribution is -2.24. The van der Waals surface area contributed by atoms with Gasteiger partial charge in [-0.1, -0.05) is 18.2 Å². The molecular formula is C15H23NO. The molecule has 0 radical (unpaired) electrons. The predicted molar refractivity (Wildman–Crippen MR) is 71.0 cm³/mol. The van der Waals surface area contributed by atoms with Gasteiger partial charge in [0.15, 0.2) is 0 Å². The summed E-state index contributed by atoms with van der Waals surface area (Å²) in [6.07, 6.45) is 0.959. The molecule has 1 N–H and O–H groups in total. The van der Waals surface area contributed by atoms with Crippen LogP contribution in [0.5, 0.6) is 0 Å². The summed E-state index contributed by atoms with van der Waals surface area (Å²) in [5.74, 6) is 0.458. The van der Waals surface area contributed by atoms with Gasteiger partial charge < -0.3 is 5.11 Å². The van der Waals surface area contributed by atoms with Gasteiger partial charge in [0.1, 0.15) is 0 Å². The second-order valence-corrected chi connectivity index (χ2v) is 5.39. The molecule has 1 saturated heterocycles. The Hall–Kier alpha value is -0.860. The number of hydrogen-bond acceptors (Lipinski definition) is 2. The predicted octanol–water partition coefficient (Wildman–Crippen LogP) is 2.51. The Labute approximate surface area is 104 Å². The van der Waals surface area contributed by atoms with Crippen LogP contribution in [0.3, 0.4) is 0 Å². The lowest BCUT2D eigenvalue weighted by Gasteiger charge is -2.20. The van der Waals surface area contributed by atoms with Crippen molar-refractivity contribution in [1.29, 1.82) is 0 Å². The minimum atomic E-state index is -0.169. The Morgan fingerprint density at radius 3 is 2.53 bits per heavy atom. The number of benzene rings is 1. The minimum Gasteiger partial charge on any atom is -0.393 e. The highest BCUT2D eigenvalue weighted by Gasteiger charge is 2.26. The molecule has 2 nitrogen and oxygen atoms in total. The van der Waals surface area contributed by atoms with Crippen LogP contribution in [0.4, 0.5) is 0 Å². The first kappa shape index (κ1) is 12.6. The van der Waals surface area contributed by atoms with E-state index in [1.54, 1.807) is 0 Å². The molecule has 1 aliphatic heterocycles. The molecule has 1 aromatic rings. The van der Waals surface area contributed by atoms with Crippen LogP contribution in [0.2, 0.25) is 0 Å². The minimum absolute atomic E-state index is 0.169. The number of rotatable bonds is 3. The third-order valence-corrected chi connectivity index (χ3v) is 4.02. The van der Waals surface area contributed by atoms with E-state index in [2.05, 4.69) is 36.9 Å². The Balaban J connectivity index is 2.03. The van der Waals surface area contributed by atoms with Gasteiger partial charge in [0.25, 0.3) is 0 Å². The van der Waals surface area contributed by atoms with Crippen molar-refractivity contribution < 1.29 is 5.11 Å². The molecule has 0 spiro atoms. The van der Waals surface area contributed by atoms with Crippen LogP contribution in [0.15, 0.2) is 18.2 Å². The Morgan fingerprint density at radius 1 is 1.35 bits per heavy atom. The third kappa shape index (κ3) is 2.88. The maximum absolute atomic E-state index is 9.62. The molecular weight excluding hydrogens is 210 g/mol. The lowest BCUT2D eigenvalue weighted by atomic mass is 10.0. The molecule has 0 amide bonds. The molecule has 1 aliphatic rings. The normalized spacial score (nSPS) is 22.9. The Bertz CT molecular complexity index is 366. The number of hydrogen-bond donors (Lipinski definition) is 1. The fourth-order valence-corrected chi connectivity index (χ4v) is 2.72. The molecule has 1 fully saturated rings. The highest BCUT2D eigenvalue weighted by atomic mass is 16.3. The van der Waals surface area contributed by atoms with Crippen molar-refractivity contribution in [3.05, 3.63) is 34.9 Å². The van der Waals surface area contributed by atoms with E-state index in [4.69, 9.17) is 0 Å². The fraction of sp³-hybridized carbons (Fsp3) is 0.600. The van der Waals surface area contributed by atoms with Crippen molar-refractivity contribution in [2.75, 3.05) is 13.1 Å². The van der Waals surface area contributed by atoms with Crippen LogP contribution < -0.4 is 0 Å². The summed E-state index contributed by atoms with van der Waals surface area (Å²) in [5, 5.41) is 9.62. The molecule has 2 rings (SSSR count). The Kier molecular flexibility index (Phi) is 3.85. The first-order chi connectivity index (χ1) is 8.08. The van der Waals surface area contributed by atoms with E-state index >= 15 is 0 Å². The molecule has 0 aromatic heterocycles. The van der Waals surface area contributed by atoms with Gasteiger partial charge in [0.2, 0.25) is 0 Å². The van der Waals surface area contributed by atoms with E-state index in [9.17, 15) is 5.11 Å². The molecule has 2 atom stereocenters. The first-order valence-electron chi connectivity index (χ1n) is 6.53. The van der Waals surface area contributed by atoms with Crippen molar-refractivity contribution in [1.82, 2.24) is 4.90 Å². The average molecular weight is 233 g/mol. The summed E-state index contributed by atoms with van der Waals surface area (Å²) in [4.78, 5) is 2.46. The lowest BCUT2D eigenvalue weighted by molar-refractivity contribution is 0.127. The molecule has 2 unspecified atom stereocenters. The van der Waals surface area contributed by atoms with Gasteiger partial charge in [-0.3, -0.25) is 4.90 Å². The monoisotopic (exact) mass is 233 g/mol. The van der Waals surface area contributed by atoms with E-state index in [-0.39, 0.29) is 6.10 Å². The number of likely N-dealkylation sites (tertiary alicyclic amines) is 1. The quantitative estimate of drug-likeness (QED) is 0.867. The van der Waals surface area contributed by atoms with E-state index in [1.165, 1.54) is 16.7 Å². The maximum atomic E-state index is 9.62. The molecule has 94 valence electrons. The van der Waals surface area contributed by atoms with Crippen LogP contribution in [-0.2, 0) is 6.54 Å². The molecule has 1 aromatic carbocycles. The molecule has 17 heavy (non-hydrogen) atoms. The fourth-order valence-electron chi connectivity index (χ4n) is 2.72. The Morgan fingerprint density at radius 2 is 2.00 bits per heavy atom. The number of aliphatic hydroxyl groups is 1. The van der Waals surface area contributed by atoms with E-state index in [0.29, 0.717) is 5.92 Å². The zero-order valence-electron chi connectivity index (χ0n) is 11.1. The van der Waals surface area contributed by atoms with Gasteiger partial charge in [-0.25, -0.2) is 0 Å². The van der Waals surface area contributed by atoms with Crippen molar-refractivity contribution >= 4 is 0 Å². The summed E-state index contributed by atoms with van der Waals surface area (Å²) < 4.78 is 0. The van der Waals surface area contributed by atoms with Gasteiger partial charge >= 0.3 is 0 Å². The smallest absolute Gasteiger partial charge is 0.0552 e. The standard InChI is InChI=1S/C15H23NO/c1-11-5-4-6-12(2)15(11)10-16-8-7-14(9-16)13(3)17/h4-6,13-14,17H,7-10H2,1-3H3. The topological polar surface area (TPSA) is 23.5 Å². The molecule has 2 heteroatoms. The number of nitrogens with zero attached hydrogens (tertiary/aromatic N) is 1. The summed E-state index contributed by atoms with van der Waals surface area (Å²) in [6.45, 7) is 9.46. The van der Waals surface area contributed by atoms with Gasteiger partial charge in [-0.15, -0.1) is 0 Å². The van der Waals surface area contributed by atoms with Gasteiger partial charge in [-0.2, -0.15) is 0 Å². The average Bonchev–Trinajstić information content (AvgIpc) is 2.72. The van der Waals surface area contributed by atoms with Crippen LogP contribution in [0.1, 0.15) is 30.0 Å². The summed E-state index contributed by atoms with van der Waals surface area (Å²) in [5.41, 5.74) is 4.22. The number of aryl methyl sites for hydroxylation is 2. The van der Waals surface area contributed by atoms with Crippen LogP contribution in [-0.4, -0.2) is 29.2 Å². The highest BCUT2D eigenvalue weighted by molar-refractivity contribution is 5.33. The molecule has 0 aliphatic carbocycles. The van der Waals surface area contributed by atoms with Gasteiger partial charge in [0, 0.05) is 13.1 Å². The summed E-state index contributed by atoms with van der Waals surface area (Å²) in [7, 11) is 0. The van der Waals surface area contributed by atoms with Crippen LogP contribution in [0.25, 0.3) is 0 Å². The summed E-state index contributed by atoms with van der Waals surface area (Å²) in [6, 6.07) is 6.49. The van der Waals surface area contributed by atoms with Crippen LogP contribution in [0, 0.1) is 19.8 Å². The third-order valence-electron chi connectivity index (χ3n) is 4.02. The van der Waals surface area contributed by atoms with Crippen molar-refractivity contribution in [2.24, 2.45) is 5.92 Å². The van der Waals surface area contributed by atoms with E-state index < -0.39 is 0 Å². The first-order valence-corrected chi connectivity index (χ1v) is 6.53. The molecule has 1 heterocycles. The molecule has 0 saturated carbocycles. The highest BCUT2D eigenvalue weighted by Crippen LogP contribution is 2.23. The van der Waals surface area contributed by atoms with Crippen molar-refractivity contribution in [3.8, 4) is 0 Å². The van der Waals surface area contributed by atoms with Gasteiger partial charge in [-0.05, 0) is 56.3 Å². The zero-order valence-corrected chi connectivity index (χ0v) is 11.1. The second-order valence-electron chi connectivity index (χ2n) is 5.39. The van der Waals surface area contributed by atoms with Crippen LogP contribution >= 0.6 is 0 Å². The summed E-state index contributed by atoms with van der Waals surface area (Å²) >= 11 is 0. The number of aliphatic hydroxyl groups excluding tert-OH is 1. The van der Waals surface area contributed by atoms with Gasteiger partial charge in [0.05, 0.1) is 6.10 Å². The van der Waals surface area contributed by atoms with E-state index in [0.717, 1.165) is 26.1 Å². The van der Waals surface area contributed by atoms with Crippen molar-refractivity contribution in [3.63, 3.8) is 0 Å². The van der Waals surface area contributed by atoms with E-state index in [1.807, 2.05) is 6.92 Å². The maximum Gasteiger partial charge on any atom is 0.0552 e. The second kappa shape index (κ2) is 5.19. The largest absolute Gasteiger partial charge is 0.393 e.